The van der Waals surface area contributed by atoms with Crippen molar-refractivity contribution >= 4 is 21.6 Å². The fourth-order valence-electron chi connectivity index (χ4n) is 1.36. The monoisotopic (exact) mass is 258 g/mol. The van der Waals surface area contributed by atoms with Gasteiger partial charge in [-0.05, 0) is 37.0 Å². The van der Waals surface area contributed by atoms with Crippen molar-refractivity contribution in [2.75, 3.05) is 17.3 Å². The Morgan fingerprint density at radius 2 is 1.81 bits per heavy atom. The van der Waals surface area contributed by atoms with Crippen LogP contribution in [0, 0.1) is 6.92 Å². The summed E-state index contributed by atoms with van der Waals surface area (Å²) in [7, 11) is -3.07. The molecule has 1 aromatic carbocycles. The molecule has 0 spiro atoms. The molecule has 0 bridgehead atoms. The summed E-state index contributed by atoms with van der Waals surface area (Å²) in [5.41, 5.74) is 1.08. The second kappa shape index (κ2) is 6.30. The Kier molecular flexibility index (Phi) is 5.35. The minimum atomic E-state index is -3.07. The van der Waals surface area contributed by atoms with Gasteiger partial charge in [-0.25, -0.2) is 8.42 Å². The zero-order valence-corrected chi connectivity index (χ0v) is 11.4. The quantitative estimate of drug-likeness (QED) is 0.736. The van der Waals surface area contributed by atoms with Crippen molar-refractivity contribution in [2.45, 2.75) is 25.2 Å². The molecule has 16 heavy (non-hydrogen) atoms. The average Bonchev–Trinajstić information content (AvgIpc) is 2.25. The van der Waals surface area contributed by atoms with Crippen molar-refractivity contribution in [3.63, 3.8) is 0 Å². The number of sulfone groups is 1. The predicted molar refractivity (Wildman–Crippen MR) is 70.8 cm³/mol. The zero-order chi connectivity index (χ0) is 12.0. The van der Waals surface area contributed by atoms with Gasteiger partial charge in [0.1, 0.15) is 0 Å². The van der Waals surface area contributed by atoms with Crippen molar-refractivity contribution < 1.29 is 8.42 Å². The van der Waals surface area contributed by atoms with E-state index in [-0.39, 0.29) is 5.75 Å². The molecule has 2 nitrogen and oxygen atoms in total. The molecule has 0 aliphatic rings. The molecule has 4 heteroatoms. The van der Waals surface area contributed by atoms with E-state index < -0.39 is 9.84 Å². The molecule has 0 aliphatic heterocycles. The number of rotatable bonds is 6. The van der Waals surface area contributed by atoms with Crippen LogP contribution in [-0.2, 0) is 9.84 Å². The van der Waals surface area contributed by atoms with Gasteiger partial charge in [-0.3, -0.25) is 0 Å². The maximum atomic E-state index is 11.9. The molecule has 0 atom stereocenters. The third-order valence-corrected chi connectivity index (χ3v) is 5.09. The minimum Gasteiger partial charge on any atom is -0.224 e. The fraction of sp³-hybridized carbons (Fsp3) is 0.500. The molecule has 0 saturated heterocycles. The van der Waals surface area contributed by atoms with E-state index in [1.807, 2.05) is 19.1 Å². The van der Waals surface area contributed by atoms with Crippen molar-refractivity contribution in [3.05, 3.63) is 29.8 Å². The first-order valence-electron chi connectivity index (χ1n) is 5.43. The lowest BCUT2D eigenvalue weighted by atomic mass is 10.2. The second-order valence-corrected chi connectivity index (χ2v) is 7.19. The van der Waals surface area contributed by atoms with Crippen LogP contribution in [0.5, 0.6) is 0 Å². The Balaban J connectivity index is 2.60. The molecule has 0 amide bonds. The van der Waals surface area contributed by atoms with Crippen LogP contribution in [0.25, 0.3) is 0 Å². The summed E-state index contributed by atoms with van der Waals surface area (Å²) in [6, 6.07) is 7.07. The summed E-state index contributed by atoms with van der Waals surface area (Å²) >= 11 is 1.78. The predicted octanol–water partition coefficient (Wildman–Crippen LogP) is 2.91. The standard InChI is InChI=1S/C12H18O2S2/c1-3-15-9-4-10-16(13,14)12-7-5-11(2)6-8-12/h5-8H,3-4,9-10H2,1-2H3. The number of hydrogen-bond donors (Lipinski definition) is 0. The van der Waals surface area contributed by atoms with Crippen LogP contribution >= 0.6 is 11.8 Å². The van der Waals surface area contributed by atoms with Crippen LogP contribution in [0.3, 0.4) is 0 Å². The lowest BCUT2D eigenvalue weighted by molar-refractivity contribution is 0.595. The summed E-state index contributed by atoms with van der Waals surface area (Å²) in [6.45, 7) is 4.04. The van der Waals surface area contributed by atoms with E-state index in [0.717, 1.165) is 23.5 Å². The molecule has 0 radical (unpaired) electrons. The zero-order valence-electron chi connectivity index (χ0n) is 9.77. The molecule has 90 valence electrons. The highest BCUT2D eigenvalue weighted by Crippen LogP contribution is 2.14. The van der Waals surface area contributed by atoms with Crippen LogP contribution in [0.2, 0.25) is 0 Å². The van der Waals surface area contributed by atoms with E-state index in [1.54, 1.807) is 23.9 Å². The maximum absolute atomic E-state index is 11.9. The van der Waals surface area contributed by atoms with Gasteiger partial charge in [0.25, 0.3) is 0 Å². The summed E-state index contributed by atoms with van der Waals surface area (Å²) < 4.78 is 23.8. The Hall–Kier alpha value is -0.480. The highest BCUT2D eigenvalue weighted by atomic mass is 32.2. The number of hydrogen-bond acceptors (Lipinski definition) is 3. The number of benzene rings is 1. The van der Waals surface area contributed by atoms with E-state index in [4.69, 9.17) is 0 Å². The van der Waals surface area contributed by atoms with Gasteiger partial charge in [0.05, 0.1) is 10.6 Å². The van der Waals surface area contributed by atoms with Crippen LogP contribution < -0.4 is 0 Å². The van der Waals surface area contributed by atoms with Crippen LogP contribution in [0.15, 0.2) is 29.2 Å². The molecule has 0 aromatic heterocycles. The van der Waals surface area contributed by atoms with Gasteiger partial charge in [-0.1, -0.05) is 24.6 Å². The van der Waals surface area contributed by atoms with Crippen molar-refractivity contribution in [1.29, 1.82) is 0 Å². The third-order valence-electron chi connectivity index (χ3n) is 2.29. The van der Waals surface area contributed by atoms with Gasteiger partial charge in [0.2, 0.25) is 0 Å². The molecule has 1 rings (SSSR count). The molecule has 0 N–H and O–H groups in total. The van der Waals surface area contributed by atoms with E-state index in [1.165, 1.54) is 0 Å². The molecule has 1 aromatic rings. The molecule has 0 unspecified atom stereocenters. The molecule has 0 saturated carbocycles. The van der Waals surface area contributed by atoms with Gasteiger partial charge < -0.3 is 0 Å². The number of aryl methyl sites for hydroxylation is 1. The van der Waals surface area contributed by atoms with Crippen molar-refractivity contribution in [1.82, 2.24) is 0 Å². The molecule has 0 aliphatic carbocycles. The summed E-state index contributed by atoms with van der Waals surface area (Å²) in [5, 5.41) is 0. The van der Waals surface area contributed by atoms with Gasteiger partial charge in [-0.2, -0.15) is 11.8 Å². The third kappa shape index (κ3) is 4.18. The van der Waals surface area contributed by atoms with E-state index >= 15 is 0 Å². The second-order valence-electron chi connectivity index (χ2n) is 3.68. The molecule has 0 heterocycles. The van der Waals surface area contributed by atoms with Crippen molar-refractivity contribution in [2.24, 2.45) is 0 Å². The Bertz CT molecular complexity index is 407. The first-order chi connectivity index (χ1) is 7.56. The van der Waals surface area contributed by atoms with Gasteiger partial charge in [0, 0.05) is 0 Å². The Morgan fingerprint density at radius 3 is 2.38 bits per heavy atom. The van der Waals surface area contributed by atoms with E-state index in [2.05, 4.69) is 6.92 Å². The van der Waals surface area contributed by atoms with Gasteiger partial charge in [0.15, 0.2) is 9.84 Å². The highest BCUT2D eigenvalue weighted by Gasteiger charge is 2.13. The van der Waals surface area contributed by atoms with Crippen LogP contribution in [0.4, 0.5) is 0 Å². The molecular formula is C12H18O2S2. The van der Waals surface area contributed by atoms with Crippen LogP contribution in [0.1, 0.15) is 18.9 Å². The normalized spacial score (nSPS) is 11.6. The minimum absolute atomic E-state index is 0.253. The lowest BCUT2D eigenvalue weighted by Gasteiger charge is -2.04. The summed E-state index contributed by atoms with van der Waals surface area (Å²) in [6.07, 6.45) is 0.731. The largest absolute Gasteiger partial charge is 0.224 e. The first-order valence-corrected chi connectivity index (χ1v) is 8.24. The van der Waals surface area contributed by atoms with Crippen molar-refractivity contribution in [3.8, 4) is 0 Å². The molecule has 0 fully saturated rings. The fourth-order valence-corrected chi connectivity index (χ4v) is 3.49. The van der Waals surface area contributed by atoms with Gasteiger partial charge in [-0.15, -0.1) is 0 Å². The van der Waals surface area contributed by atoms with Crippen LogP contribution in [-0.4, -0.2) is 25.7 Å². The summed E-state index contributed by atoms with van der Waals surface area (Å²) in [5.74, 6) is 2.22. The van der Waals surface area contributed by atoms with Gasteiger partial charge >= 0.3 is 0 Å². The Morgan fingerprint density at radius 1 is 1.19 bits per heavy atom. The number of thioether (sulfide) groups is 1. The van der Waals surface area contributed by atoms with E-state index in [0.29, 0.717) is 4.90 Å². The Labute approximate surface area is 102 Å². The molecular weight excluding hydrogens is 240 g/mol. The highest BCUT2D eigenvalue weighted by molar-refractivity contribution is 7.99. The maximum Gasteiger partial charge on any atom is 0.178 e. The average molecular weight is 258 g/mol. The van der Waals surface area contributed by atoms with E-state index in [9.17, 15) is 8.42 Å². The topological polar surface area (TPSA) is 34.1 Å². The summed E-state index contributed by atoms with van der Waals surface area (Å²) in [4.78, 5) is 0.444. The smallest absolute Gasteiger partial charge is 0.178 e. The lowest BCUT2D eigenvalue weighted by Crippen LogP contribution is -2.07. The first kappa shape index (κ1) is 13.6. The SMILES string of the molecule is CCSCCCS(=O)(=O)c1ccc(C)cc1.